The fourth-order valence-electron chi connectivity index (χ4n) is 1.96. The van der Waals surface area contributed by atoms with Crippen LogP contribution >= 0.6 is 0 Å². The lowest BCUT2D eigenvalue weighted by Crippen LogP contribution is -2.43. The number of ether oxygens (including phenoxy) is 1. The molecule has 1 aliphatic rings. The smallest absolute Gasteiger partial charge is 0.225 e. The van der Waals surface area contributed by atoms with Crippen molar-refractivity contribution in [3.8, 4) is 0 Å². The summed E-state index contributed by atoms with van der Waals surface area (Å²) in [6.45, 7) is 7.47. The molecular formula is C12H23NO3. The van der Waals surface area contributed by atoms with Crippen molar-refractivity contribution in [2.24, 2.45) is 11.3 Å². The average Bonchev–Trinajstić information content (AvgIpc) is 2.67. The maximum Gasteiger partial charge on any atom is 0.225 e. The highest BCUT2D eigenvalue weighted by molar-refractivity contribution is 5.79. The highest BCUT2D eigenvalue weighted by Gasteiger charge is 2.26. The van der Waals surface area contributed by atoms with E-state index in [9.17, 15) is 9.90 Å². The number of hydrogen-bond donors (Lipinski definition) is 2. The van der Waals surface area contributed by atoms with Crippen LogP contribution in [0.2, 0.25) is 0 Å². The van der Waals surface area contributed by atoms with Gasteiger partial charge in [-0.05, 0) is 18.3 Å². The van der Waals surface area contributed by atoms with E-state index < -0.39 is 0 Å². The van der Waals surface area contributed by atoms with Crippen molar-refractivity contribution in [3.05, 3.63) is 0 Å². The largest absolute Gasteiger partial charge is 0.394 e. The molecule has 0 radical (unpaired) electrons. The first kappa shape index (κ1) is 13.5. The molecule has 1 aliphatic heterocycles. The summed E-state index contributed by atoms with van der Waals surface area (Å²) >= 11 is 0. The summed E-state index contributed by atoms with van der Waals surface area (Å²) in [6, 6.07) is -0.145. The van der Waals surface area contributed by atoms with Crippen molar-refractivity contribution >= 4 is 5.91 Å². The number of amides is 1. The minimum atomic E-state index is -0.145. The molecule has 1 heterocycles. The van der Waals surface area contributed by atoms with Crippen LogP contribution in [0.5, 0.6) is 0 Å². The maximum absolute atomic E-state index is 11.8. The highest BCUT2D eigenvalue weighted by atomic mass is 16.5. The first-order valence-electron chi connectivity index (χ1n) is 5.91. The van der Waals surface area contributed by atoms with E-state index in [0.29, 0.717) is 13.2 Å². The molecule has 4 nitrogen and oxygen atoms in total. The molecule has 0 aromatic carbocycles. The van der Waals surface area contributed by atoms with E-state index in [1.807, 2.05) is 0 Å². The summed E-state index contributed by atoms with van der Waals surface area (Å²) in [5, 5.41) is 12.1. The van der Waals surface area contributed by atoms with Crippen LogP contribution in [0, 0.1) is 11.3 Å². The zero-order valence-electron chi connectivity index (χ0n) is 10.5. The quantitative estimate of drug-likeness (QED) is 0.754. The molecule has 1 saturated heterocycles. The third-order valence-electron chi connectivity index (χ3n) is 2.73. The third-order valence-corrected chi connectivity index (χ3v) is 2.73. The van der Waals surface area contributed by atoms with E-state index >= 15 is 0 Å². The molecule has 2 N–H and O–H groups in total. The van der Waals surface area contributed by atoms with Crippen LogP contribution in [-0.2, 0) is 9.53 Å². The second-order valence-electron chi connectivity index (χ2n) is 5.71. The molecule has 1 rings (SSSR count). The van der Waals surface area contributed by atoms with Gasteiger partial charge in [0, 0.05) is 6.61 Å². The molecular weight excluding hydrogens is 206 g/mol. The molecule has 1 fully saturated rings. The average molecular weight is 229 g/mol. The van der Waals surface area contributed by atoms with E-state index in [4.69, 9.17) is 4.74 Å². The van der Waals surface area contributed by atoms with Gasteiger partial charge in [0.2, 0.25) is 5.91 Å². The van der Waals surface area contributed by atoms with Crippen LogP contribution in [-0.4, -0.2) is 36.9 Å². The molecule has 94 valence electrons. The molecule has 0 bridgehead atoms. The zero-order valence-corrected chi connectivity index (χ0v) is 10.5. The van der Waals surface area contributed by atoms with Crippen molar-refractivity contribution < 1.29 is 14.6 Å². The number of nitrogens with one attached hydrogen (secondary N) is 1. The molecule has 0 aromatic rings. The van der Waals surface area contributed by atoms with E-state index in [2.05, 4.69) is 26.1 Å². The summed E-state index contributed by atoms with van der Waals surface area (Å²) in [7, 11) is 0. The van der Waals surface area contributed by atoms with Gasteiger partial charge in [-0.3, -0.25) is 4.79 Å². The minimum Gasteiger partial charge on any atom is -0.394 e. The molecule has 0 saturated carbocycles. The summed E-state index contributed by atoms with van der Waals surface area (Å²) < 4.78 is 5.17. The lowest BCUT2D eigenvalue weighted by Gasteiger charge is -2.26. The number of carbonyl (C=O) groups excluding carboxylic acids is 1. The second kappa shape index (κ2) is 5.64. The number of hydrogen-bond acceptors (Lipinski definition) is 3. The molecule has 16 heavy (non-hydrogen) atoms. The van der Waals surface area contributed by atoms with Crippen molar-refractivity contribution in [2.45, 2.75) is 39.7 Å². The highest BCUT2D eigenvalue weighted by Crippen LogP contribution is 2.21. The van der Waals surface area contributed by atoms with Gasteiger partial charge in [-0.25, -0.2) is 0 Å². The molecule has 1 amide bonds. The maximum atomic E-state index is 11.8. The number of carbonyl (C=O) groups is 1. The van der Waals surface area contributed by atoms with Gasteiger partial charge in [0.15, 0.2) is 0 Å². The molecule has 2 atom stereocenters. The Bertz CT molecular complexity index is 229. The summed E-state index contributed by atoms with van der Waals surface area (Å²) in [5.74, 6) is -0.0187. The Balaban J connectivity index is 2.40. The monoisotopic (exact) mass is 229 g/mol. The lowest BCUT2D eigenvalue weighted by atomic mass is 9.88. The van der Waals surface area contributed by atoms with Gasteiger partial charge in [-0.1, -0.05) is 20.8 Å². The predicted molar refractivity (Wildman–Crippen MR) is 62.0 cm³/mol. The van der Waals surface area contributed by atoms with Gasteiger partial charge in [0.25, 0.3) is 0 Å². The van der Waals surface area contributed by atoms with E-state index in [-0.39, 0.29) is 29.9 Å². The van der Waals surface area contributed by atoms with Crippen LogP contribution in [0.4, 0.5) is 0 Å². The second-order valence-corrected chi connectivity index (χ2v) is 5.71. The predicted octanol–water partition coefficient (Wildman–Crippen LogP) is 0.936. The van der Waals surface area contributed by atoms with Crippen LogP contribution in [0.1, 0.15) is 33.6 Å². The standard InChI is InChI=1S/C12H23NO3/c1-12(2,3)6-10(7-14)13-11(15)9-4-5-16-8-9/h9-10,14H,4-8H2,1-3H3,(H,13,15). The Kier molecular flexibility index (Phi) is 4.74. The van der Waals surface area contributed by atoms with Gasteiger partial charge in [0.05, 0.1) is 25.2 Å². The number of rotatable bonds is 4. The van der Waals surface area contributed by atoms with E-state index in [0.717, 1.165) is 12.8 Å². The van der Waals surface area contributed by atoms with Crippen LogP contribution in [0.15, 0.2) is 0 Å². The van der Waals surface area contributed by atoms with E-state index in [1.54, 1.807) is 0 Å². The van der Waals surface area contributed by atoms with Gasteiger partial charge in [-0.15, -0.1) is 0 Å². The molecule has 0 aliphatic carbocycles. The van der Waals surface area contributed by atoms with Crippen molar-refractivity contribution in [1.82, 2.24) is 5.32 Å². The molecule has 0 spiro atoms. The van der Waals surface area contributed by atoms with Crippen LogP contribution in [0.25, 0.3) is 0 Å². The number of aliphatic hydroxyl groups is 1. The first-order chi connectivity index (χ1) is 7.42. The Labute approximate surface area is 97.4 Å². The van der Waals surface area contributed by atoms with Gasteiger partial charge in [0.1, 0.15) is 0 Å². The van der Waals surface area contributed by atoms with Crippen molar-refractivity contribution in [3.63, 3.8) is 0 Å². The normalized spacial score (nSPS) is 23.1. The van der Waals surface area contributed by atoms with Gasteiger partial charge < -0.3 is 15.2 Å². The SMILES string of the molecule is CC(C)(C)CC(CO)NC(=O)C1CCOC1. The minimum absolute atomic E-state index is 0.00339. The fraction of sp³-hybridized carbons (Fsp3) is 0.917. The van der Waals surface area contributed by atoms with Crippen LogP contribution < -0.4 is 5.32 Å². The summed E-state index contributed by atoms with van der Waals surface area (Å²) in [5.41, 5.74) is 0.104. The Morgan fingerprint density at radius 2 is 2.25 bits per heavy atom. The molecule has 2 unspecified atom stereocenters. The summed E-state index contributed by atoms with van der Waals surface area (Å²) in [4.78, 5) is 11.8. The van der Waals surface area contributed by atoms with Gasteiger partial charge in [-0.2, -0.15) is 0 Å². The Morgan fingerprint density at radius 1 is 1.56 bits per heavy atom. The number of aliphatic hydroxyl groups excluding tert-OH is 1. The van der Waals surface area contributed by atoms with Gasteiger partial charge >= 0.3 is 0 Å². The zero-order chi connectivity index (χ0) is 12.2. The van der Waals surface area contributed by atoms with Crippen molar-refractivity contribution in [1.29, 1.82) is 0 Å². The Morgan fingerprint density at radius 3 is 2.69 bits per heavy atom. The first-order valence-corrected chi connectivity index (χ1v) is 5.91. The van der Waals surface area contributed by atoms with Crippen LogP contribution in [0.3, 0.4) is 0 Å². The Hall–Kier alpha value is -0.610. The summed E-state index contributed by atoms with van der Waals surface area (Å²) in [6.07, 6.45) is 1.57. The van der Waals surface area contributed by atoms with Crippen molar-refractivity contribution in [2.75, 3.05) is 19.8 Å². The fourth-order valence-corrected chi connectivity index (χ4v) is 1.96. The molecule has 0 aromatic heterocycles. The van der Waals surface area contributed by atoms with E-state index in [1.165, 1.54) is 0 Å². The molecule has 4 heteroatoms. The third kappa shape index (κ3) is 4.49. The topological polar surface area (TPSA) is 58.6 Å². The lowest BCUT2D eigenvalue weighted by molar-refractivity contribution is -0.126.